The van der Waals surface area contributed by atoms with Crippen molar-refractivity contribution in [1.29, 1.82) is 0 Å². The Kier molecular flexibility index (Phi) is 5.31. The summed E-state index contributed by atoms with van der Waals surface area (Å²) in [4.78, 5) is 27.3. The molecule has 0 aliphatic carbocycles. The fourth-order valence-electron chi connectivity index (χ4n) is 3.40. The minimum atomic E-state index is -0.908. The van der Waals surface area contributed by atoms with Crippen LogP contribution in [-0.4, -0.2) is 61.4 Å². The molecule has 1 unspecified atom stereocenters. The number of urea groups is 1. The van der Waals surface area contributed by atoms with Crippen molar-refractivity contribution >= 4 is 17.7 Å². The number of benzene rings is 1. The number of hydrogen-bond donors (Lipinski definition) is 2. The largest absolute Gasteiger partial charge is 0.481 e. The van der Waals surface area contributed by atoms with E-state index in [-0.39, 0.29) is 24.9 Å². The SMILES string of the molecule is CC1(C(=O)O)CCN(C(=O)NCc2cc(F)ccc2N2CCOCC2)C1. The molecule has 1 atom stereocenters. The maximum Gasteiger partial charge on any atom is 0.317 e. The lowest BCUT2D eigenvalue weighted by Crippen LogP contribution is -2.41. The molecule has 0 radical (unpaired) electrons. The zero-order chi connectivity index (χ0) is 18.7. The fourth-order valence-corrected chi connectivity index (χ4v) is 3.40. The molecule has 0 aromatic heterocycles. The van der Waals surface area contributed by atoms with Crippen LogP contribution in [0.15, 0.2) is 18.2 Å². The Hall–Kier alpha value is -2.35. The van der Waals surface area contributed by atoms with Gasteiger partial charge in [0.1, 0.15) is 5.82 Å². The zero-order valence-electron chi connectivity index (χ0n) is 14.8. The first-order chi connectivity index (χ1) is 12.4. The highest BCUT2D eigenvalue weighted by molar-refractivity contribution is 5.79. The zero-order valence-corrected chi connectivity index (χ0v) is 14.8. The summed E-state index contributed by atoms with van der Waals surface area (Å²) in [6, 6.07) is 4.23. The molecule has 2 aliphatic heterocycles. The molecule has 7 nitrogen and oxygen atoms in total. The van der Waals surface area contributed by atoms with E-state index in [4.69, 9.17) is 4.74 Å². The van der Waals surface area contributed by atoms with Crippen LogP contribution in [-0.2, 0) is 16.1 Å². The molecule has 0 saturated carbocycles. The van der Waals surface area contributed by atoms with Gasteiger partial charge in [0.25, 0.3) is 0 Å². The summed E-state index contributed by atoms with van der Waals surface area (Å²) in [5, 5.41) is 12.1. The van der Waals surface area contributed by atoms with Gasteiger partial charge in [-0.15, -0.1) is 0 Å². The maximum absolute atomic E-state index is 13.7. The Bertz CT molecular complexity index is 693. The normalized spacial score (nSPS) is 23.2. The quantitative estimate of drug-likeness (QED) is 0.848. The molecule has 142 valence electrons. The number of rotatable bonds is 4. The van der Waals surface area contributed by atoms with E-state index in [1.807, 2.05) is 0 Å². The van der Waals surface area contributed by atoms with Gasteiger partial charge in [-0.2, -0.15) is 0 Å². The van der Waals surface area contributed by atoms with Crippen LogP contribution < -0.4 is 10.2 Å². The monoisotopic (exact) mass is 365 g/mol. The Morgan fingerprint density at radius 3 is 2.69 bits per heavy atom. The van der Waals surface area contributed by atoms with Gasteiger partial charge < -0.3 is 25.0 Å². The van der Waals surface area contributed by atoms with Gasteiger partial charge in [0.15, 0.2) is 0 Å². The summed E-state index contributed by atoms with van der Waals surface area (Å²) in [5.41, 5.74) is 0.669. The van der Waals surface area contributed by atoms with Gasteiger partial charge in [-0.05, 0) is 37.1 Å². The molecule has 1 aromatic carbocycles. The number of carboxylic acids is 1. The lowest BCUT2D eigenvalue weighted by molar-refractivity contribution is -0.147. The first-order valence-electron chi connectivity index (χ1n) is 8.76. The van der Waals surface area contributed by atoms with Crippen molar-refractivity contribution in [1.82, 2.24) is 10.2 Å². The molecule has 3 rings (SSSR count). The van der Waals surface area contributed by atoms with Crippen LogP contribution in [0.4, 0.5) is 14.9 Å². The smallest absolute Gasteiger partial charge is 0.317 e. The standard InChI is InChI=1S/C18H24FN3O4/c1-18(16(23)24)4-5-22(12-18)17(25)20-11-13-10-14(19)2-3-15(13)21-6-8-26-9-7-21/h2-3,10H,4-9,11-12H2,1H3,(H,20,25)(H,23,24). The van der Waals surface area contributed by atoms with Gasteiger partial charge in [-0.25, -0.2) is 9.18 Å². The number of halogens is 1. The molecule has 8 heteroatoms. The third-order valence-electron chi connectivity index (χ3n) is 5.10. The van der Waals surface area contributed by atoms with Crippen LogP contribution in [0.1, 0.15) is 18.9 Å². The van der Waals surface area contributed by atoms with E-state index in [1.54, 1.807) is 13.0 Å². The average molecular weight is 365 g/mol. The highest BCUT2D eigenvalue weighted by Crippen LogP contribution is 2.30. The van der Waals surface area contributed by atoms with Crippen LogP contribution in [0.5, 0.6) is 0 Å². The average Bonchev–Trinajstić information content (AvgIpc) is 3.04. The molecular formula is C18H24FN3O4. The van der Waals surface area contributed by atoms with E-state index < -0.39 is 11.4 Å². The molecule has 1 aromatic rings. The van der Waals surface area contributed by atoms with E-state index in [1.165, 1.54) is 17.0 Å². The maximum atomic E-state index is 13.7. The highest BCUT2D eigenvalue weighted by Gasteiger charge is 2.42. The highest BCUT2D eigenvalue weighted by atomic mass is 19.1. The van der Waals surface area contributed by atoms with E-state index >= 15 is 0 Å². The predicted molar refractivity (Wildman–Crippen MR) is 93.6 cm³/mol. The van der Waals surface area contributed by atoms with Gasteiger partial charge in [-0.1, -0.05) is 0 Å². The second kappa shape index (κ2) is 7.49. The van der Waals surface area contributed by atoms with E-state index in [9.17, 15) is 19.1 Å². The third-order valence-corrected chi connectivity index (χ3v) is 5.10. The lowest BCUT2D eigenvalue weighted by Gasteiger charge is -2.31. The fraction of sp³-hybridized carbons (Fsp3) is 0.556. The van der Waals surface area contributed by atoms with Gasteiger partial charge in [0, 0.05) is 38.4 Å². The Labute approximate surface area is 151 Å². The summed E-state index contributed by atoms with van der Waals surface area (Å²) in [7, 11) is 0. The molecule has 2 heterocycles. The molecule has 0 spiro atoms. The Morgan fingerprint density at radius 1 is 1.31 bits per heavy atom. The number of carbonyl (C=O) groups excluding carboxylic acids is 1. The first-order valence-corrected chi connectivity index (χ1v) is 8.76. The molecule has 26 heavy (non-hydrogen) atoms. The van der Waals surface area contributed by atoms with Crippen molar-refractivity contribution in [3.05, 3.63) is 29.6 Å². The van der Waals surface area contributed by atoms with Crippen molar-refractivity contribution in [3.63, 3.8) is 0 Å². The second-order valence-corrected chi connectivity index (χ2v) is 7.07. The molecule has 2 aliphatic rings. The number of aliphatic carboxylic acids is 1. The predicted octanol–water partition coefficient (Wildman–Crippen LogP) is 1.67. The van der Waals surface area contributed by atoms with Crippen LogP contribution >= 0.6 is 0 Å². The van der Waals surface area contributed by atoms with Gasteiger partial charge in [0.05, 0.1) is 18.6 Å². The Morgan fingerprint density at radius 2 is 2.04 bits per heavy atom. The summed E-state index contributed by atoms with van der Waals surface area (Å²) in [6.45, 7) is 5.07. The minimum Gasteiger partial charge on any atom is -0.481 e. The summed E-state index contributed by atoms with van der Waals surface area (Å²) in [6.07, 6.45) is 0.425. The summed E-state index contributed by atoms with van der Waals surface area (Å²) in [5.74, 6) is -1.25. The van der Waals surface area contributed by atoms with Crippen LogP contribution in [0, 0.1) is 11.2 Å². The lowest BCUT2D eigenvalue weighted by atomic mass is 9.90. The number of likely N-dealkylation sites (tertiary alicyclic amines) is 1. The number of carboxylic acid groups (broad SMARTS) is 1. The molecule has 2 fully saturated rings. The molecule has 2 N–H and O–H groups in total. The number of amides is 2. The minimum absolute atomic E-state index is 0.174. The number of anilines is 1. The van der Waals surface area contributed by atoms with E-state index in [0.717, 1.165) is 18.8 Å². The van der Waals surface area contributed by atoms with Crippen LogP contribution in [0.2, 0.25) is 0 Å². The number of morpholine rings is 1. The van der Waals surface area contributed by atoms with Crippen molar-refractivity contribution in [2.24, 2.45) is 5.41 Å². The van der Waals surface area contributed by atoms with Gasteiger partial charge >= 0.3 is 12.0 Å². The van der Waals surface area contributed by atoms with Crippen molar-refractivity contribution in [2.45, 2.75) is 19.9 Å². The number of ether oxygens (including phenoxy) is 1. The molecule has 2 saturated heterocycles. The number of nitrogens with one attached hydrogen (secondary N) is 1. The van der Waals surface area contributed by atoms with Gasteiger partial charge in [0.2, 0.25) is 0 Å². The molecule has 0 bridgehead atoms. The van der Waals surface area contributed by atoms with Crippen molar-refractivity contribution in [3.8, 4) is 0 Å². The third kappa shape index (κ3) is 3.90. The molecule has 2 amide bonds. The van der Waals surface area contributed by atoms with Crippen LogP contribution in [0.25, 0.3) is 0 Å². The number of hydrogen-bond acceptors (Lipinski definition) is 4. The topological polar surface area (TPSA) is 82.1 Å². The van der Waals surface area contributed by atoms with E-state index in [0.29, 0.717) is 31.7 Å². The number of nitrogens with zero attached hydrogens (tertiary/aromatic N) is 2. The number of carbonyl (C=O) groups is 2. The summed E-state index contributed by atoms with van der Waals surface area (Å²) >= 11 is 0. The second-order valence-electron chi connectivity index (χ2n) is 7.07. The summed E-state index contributed by atoms with van der Waals surface area (Å²) < 4.78 is 19.0. The van der Waals surface area contributed by atoms with Gasteiger partial charge in [-0.3, -0.25) is 4.79 Å². The molecular weight excluding hydrogens is 341 g/mol. The van der Waals surface area contributed by atoms with Crippen molar-refractivity contribution < 1.29 is 23.8 Å². The van der Waals surface area contributed by atoms with Crippen molar-refractivity contribution in [2.75, 3.05) is 44.3 Å². The first kappa shape index (κ1) is 18.4. The van der Waals surface area contributed by atoms with Crippen LogP contribution in [0.3, 0.4) is 0 Å². The van der Waals surface area contributed by atoms with E-state index in [2.05, 4.69) is 10.2 Å². The Balaban J connectivity index is 1.65.